The lowest BCUT2D eigenvalue weighted by Crippen LogP contribution is -2.54. The number of hydrogen-bond donors (Lipinski definition) is 3. The summed E-state index contributed by atoms with van der Waals surface area (Å²) in [6.45, 7) is 4.05. The van der Waals surface area contributed by atoms with Crippen LogP contribution in [0.25, 0.3) is 10.4 Å². The van der Waals surface area contributed by atoms with Crippen molar-refractivity contribution in [3.05, 3.63) is 34.9 Å². The van der Waals surface area contributed by atoms with Crippen LogP contribution in [0.5, 0.6) is 0 Å². The number of azide groups is 1. The molecule has 0 unspecified atom stereocenters. The summed E-state index contributed by atoms with van der Waals surface area (Å²) in [5.74, 6) is -0.394. The third-order valence-corrected chi connectivity index (χ3v) is 3.63. The molecule has 0 bridgehead atoms. The van der Waals surface area contributed by atoms with Gasteiger partial charge in [-0.2, -0.15) is 0 Å². The monoisotopic (exact) mass is 296 g/mol. The number of hydrogen-bond acceptors (Lipinski definition) is 6. The second-order valence-electron chi connectivity index (χ2n) is 5.24. The fraction of sp³-hybridized carbons (Fsp3) is 0.583. The molecule has 0 aromatic rings. The Hall–Kier alpha value is -1.90. The number of amides is 1. The number of nitrogens with zero attached hydrogens (tertiary/aromatic N) is 4. The molecular weight excluding hydrogens is 280 g/mol. The van der Waals surface area contributed by atoms with E-state index in [0.717, 1.165) is 4.90 Å². The molecule has 1 saturated heterocycles. The van der Waals surface area contributed by atoms with Gasteiger partial charge < -0.3 is 20.1 Å². The molecule has 0 radical (unpaired) electrons. The zero-order valence-corrected chi connectivity index (χ0v) is 11.4. The van der Waals surface area contributed by atoms with E-state index in [1.807, 2.05) is 0 Å². The van der Waals surface area contributed by atoms with Gasteiger partial charge in [0.1, 0.15) is 11.7 Å². The minimum absolute atomic E-state index is 0.0379. The van der Waals surface area contributed by atoms with Gasteiger partial charge >= 0.3 is 0 Å². The summed E-state index contributed by atoms with van der Waals surface area (Å²) >= 11 is 0. The molecule has 0 aromatic heterocycles. The summed E-state index contributed by atoms with van der Waals surface area (Å²) in [4.78, 5) is 15.6. The Morgan fingerprint density at radius 1 is 1.71 bits per heavy atom. The van der Waals surface area contributed by atoms with Crippen LogP contribution in [-0.2, 0) is 9.53 Å². The van der Waals surface area contributed by atoms with Crippen molar-refractivity contribution in [2.45, 2.75) is 37.0 Å². The van der Waals surface area contributed by atoms with Crippen LogP contribution in [0.15, 0.2) is 29.5 Å². The predicted octanol–water partition coefficient (Wildman–Crippen LogP) is -0.244. The first kappa shape index (κ1) is 15.5. The Labute approximate surface area is 120 Å². The van der Waals surface area contributed by atoms with Crippen molar-refractivity contribution in [2.24, 2.45) is 5.11 Å². The quantitative estimate of drug-likeness (QED) is 0.374. The van der Waals surface area contributed by atoms with Crippen molar-refractivity contribution in [3.63, 3.8) is 0 Å². The zero-order chi connectivity index (χ0) is 15.8. The van der Waals surface area contributed by atoms with E-state index in [-0.39, 0.29) is 6.42 Å². The van der Waals surface area contributed by atoms with E-state index < -0.39 is 36.2 Å². The van der Waals surface area contributed by atoms with Gasteiger partial charge in [0.05, 0.1) is 13.0 Å². The fourth-order valence-electron chi connectivity index (χ4n) is 2.44. The highest BCUT2D eigenvalue weighted by Crippen LogP contribution is 2.41. The molecule has 1 fully saturated rings. The molecule has 114 valence electrons. The fourth-order valence-corrected chi connectivity index (χ4v) is 2.44. The van der Waals surface area contributed by atoms with Crippen LogP contribution in [0, 0.1) is 0 Å². The Morgan fingerprint density at radius 2 is 2.38 bits per heavy atom. The molecule has 4 atom stereocenters. The van der Waals surface area contributed by atoms with E-state index in [9.17, 15) is 20.1 Å². The molecule has 21 heavy (non-hydrogen) atoms. The maximum absolute atomic E-state index is 12.0. The minimum atomic E-state index is -2.05. The van der Waals surface area contributed by atoms with Crippen molar-refractivity contribution < 1.29 is 24.9 Å². The Kier molecular flexibility index (Phi) is 3.79. The minimum Gasteiger partial charge on any atom is -0.393 e. The van der Waals surface area contributed by atoms with E-state index in [0.29, 0.717) is 5.57 Å². The molecule has 0 aliphatic carbocycles. The largest absolute Gasteiger partial charge is 0.393 e. The molecule has 2 aliphatic rings. The molecule has 0 saturated carbocycles. The van der Waals surface area contributed by atoms with E-state index in [1.54, 1.807) is 6.08 Å². The number of ether oxygens (including phenoxy) is 1. The number of rotatable bonds is 3. The van der Waals surface area contributed by atoms with Crippen molar-refractivity contribution >= 4 is 5.91 Å². The zero-order valence-electron chi connectivity index (χ0n) is 11.4. The Balaban J connectivity index is 2.41. The van der Waals surface area contributed by atoms with Gasteiger partial charge in [-0.05, 0) is 24.1 Å². The molecule has 9 nitrogen and oxygen atoms in total. The standard InChI is InChI=1S/C12H16N4O5/c1-7-3-4-16(8(18)5-7)10-11(2,20)9(19)12(6-17,21-10)14-15-13/h3-4,9-10,17,19-20H,1,5-6H2,2H3/t9-,10+,11+,12+/m0/s1. The molecule has 2 heterocycles. The predicted molar refractivity (Wildman–Crippen MR) is 70.2 cm³/mol. The van der Waals surface area contributed by atoms with Crippen LogP contribution in [0.3, 0.4) is 0 Å². The van der Waals surface area contributed by atoms with Crippen molar-refractivity contribution in [1.82, 2.24) is 4.90 Å². The molecule has 0 aromatic carbocycles. The first-order valence-corrected chi connectivity index (χ1v) is 6.21. The maximum Gasteiger partial charge on any atom is 0.233 e. The normalized spacial score (nSPS) is 39.5. The number of carbonyl (C=O) groups is 1. The topological polar surface area (TPSA) is 139 Å². The van der Waals surface area contributed by atoms with Gasteiger partial charge in [-0.25, -0.2) is 0 Å². The SMILES string of the molecule is C=C1C=CN([C@@H]2O[C@@](CO)(N=[N+]=[N-])[C@@H](O)[C@@]2(C)O)C(=O)C1. The summed E-state index contributed by atoms with van der Waals surface area (Å²) in [5.41, 5.74) is 5.17. The summed E-state index contributed by atoms with van der Waals surface area (Å²) in [6, 6.07) is 0. The average Bonchev–Trinajstić information content (AvgIpc) is 2.61. The number of allylic oxidation sites excluding steroid dienone is 1. The van der Waals surface area contributed by atoms with Crippen LogP contribution in [-0.4, -0.2) is 56.4 Å². The van der Waals surface area contributed by atoms with Gasteiger partial charge in [0.15, 0.2) is 6.23 Å². The van der Waals surface area contributed by atoms with Gasteiger partial charge in [-0.1, -0.05) is 11.7 Å². The van der Waals surface area contributed by atoms with Gasteiger partial charge in [0.2, 0.25) is 11.6 Å². The Bertz CT molecular complexity index is 554. The van der Waals surface area contributed by atoms with Crippen molar-refractivity contribution in [3.8, 4) is 0 Å². The third kappa shape index (κ3) is 2.31. The molecule has 1 amide bonds. The highest BCUT2D eigenvalue weighted by atomic mass is 16.6. The maximum atomic E-state index is 12.0. The molecule has 2 rings (SSSR count). The van der Waals surface area contributed by atoms with E-state index in [2.05, 4.69) is 16.6 Å². The molecule has 2 aliphatic heterocycles. The van der Waals surface area contributed by atoms with Crippen LogP contribution in [0.1, 0.15) is 13.3 Å². The van der Waals surface area contributed by atoms with Gasteiger partial charge in [-0.15, -0.1) is 0 Å². The molecule has 9 heteroatoms. The van der Waals surface area contributed by atoms with Crippen LogP contribution >= 0.6 is 0 Å². The first-order chi connectivity index (χ1) is 9.78. The Morgan fingerprint density at radius 3 is 2.90 bits per heavy atom. The molecular formula is C12H16N4O5. The van der Waals surface area contributed by atoms with Gasteiger partial charge in [0.25, 0.3) is 0 Å². The summed E-state index contributed by atoms with van der Waals surface area (Å²) in [6.07, 6.45) is -0.0383. The summed E-state index contributed by atoms with van der Waals surface area (Å²) in [5, 5.41) is 33.2. The lowest BCUT2D eigenvalue weighted by molar-refractivity contribution is -0.165. The lowest BCUT2D eigenvalue weighted by Gasteiger charge is -2.35. The number of carbonyl (C=O) groups excluding carboxylic acids is 1. The molecule has 3 N–H and O–H groups in total. The van der Waals surface area contributed by atoms with E-state index >= 15 is 0 Å². The van der Waals surface area contributed by atoms with Gasteiger partial charge in [-0.3, -0.25) is 9.69 Å². The van der Waals surface area contributed by atoms with Crippen molar-refractivity contribution in [2.75, 3.05) is 6.61 Å². The third-order valence-electron chi connectivity index (χ3n) is 3.63. The molecule has 0 spiro atoms. The highest BCUT2D eigenvalue weighted by Gasteiger charge is 2.63. The lowest BCUT2D eigenvalue weighted by atomic mass is 9.92. The second-order valence-corrected chi connectivity index (χ2v) is 5.24. The van der Waals surface area contributed by atoms with Crippen LogP contribution in [0.4, 0.5) is 0 Å². The summed E-state index contributed by atoms with van der Waals surface area (Å²) in [7, 11) is 0. The average molecular weight is 296 g/mol. The number of aliphatic hydroxyl groups excluding tert-OH is 2. The van der Waals surface area contributed by atoms with Crippen LogP contribution in [0.2, 0.25) is 0 Å². The summed E-state index contributed by atoms with van der Waals surface area (Å²) < 4.78 is 5.37. The second kappa shape index (κ2) is 5.14. The smallest absolute Gasteiger partial charge is 0.233 e. The van der Waals surface area contributed by atoms with E-state index in [4.69, 9.17) is 10.3 Å². The van der Waals surface area contributed by atoms with E-state index in [1.165, 1.54) is 13.1 Å². The number of aliphatic hydroxyl groups is 3. The van der Waals surface area contributed by atoms with Crippen LogP contribution < -0.4 is 0 Å². The van der Waals surface area contributed by atoms with Gasteiger partial charge in [0, 0.05) is 11.1 Å². The first-order valence-electron chi connectivity index (χ1n) is 6.21. The highest BCUT2D eigenvalue weighted by molar-refractivity contribution is 5.82. The van der Waals surface area contributed by atoms with Crippen molar-refractivity contribution in [1.29, 1.82) is 0 Å².